The van der Waals surface area contributed by atoms with Crippen LogP contribution in [0.4, 0.5) is 0 Å². The molecule has 2 nitrogen and oxygen atoms in total. The van der Waals surface area contributed by atoms with Crippen molar-refractivity contribution in [1.29, 1.82) is 0 Å². The molecule has 2 heteroatoms. The summed E-state index contributed by atoms with van der Waals surface area (Å²) in [7, 11) is 0. The highest BCUT2D eigenvalue weighted by atomic mass is 16.5. The molecule has 0 fully saturated rings. The first-order valence-corrected chi connectivity index (χ1v) is 6.55. The summed E-state index contributed by atoms with van der Waals surface area (Å²) in [6.45, 7) is 4.10. The Morgan fingerprint density at radius 1 is 1.12 bits per heavy atom. The Morgan fingerprint density at radius 3 is 2.53 bits per heavy atom. The number of rotatable bonds is 9. The van der Waals surface area contributed by atoms with E-state index >= 15 is 0 Å². The summed E-state index contributed by atoms with van der Waals surface area (Å²) in [6, 6.07) is 10.3. The van der Waals surface area contributed by atoms with Crippen molar-refractivity contribution < 1.29 is 9.84 Å². The van der Waals surface area contributed by atoms with E-state index in [1.165, 1.54) is 12.0 Å². The molecule has 1 aromatic rings. The molecule has 0 aliphatic rings. The standard InChI is InChI=1S/C15H24O2/c1-14(7-5-11-16)8-6-12-17-13-15-9-3-2-4-10-15/h2-4,9-10,14,16H,5-8,11-13H2,1H3. The van der Waals surface area contributed by atoms with Crippen LogP contribution in [0, 0.1) is 5.92 Å². The van der Waals surface area contributed by atoms with E-state index in [0.29, 0.717) is 19.1 Å². The van der Waals surface area contributed by atoms with Crippen LogP contribution in [0.3, 0.4) is 0 Å². The Bertz CT molecular complexity index is 272. The molecule has 1 aromatic carbocycles. The lowest BCUT2D eigenvalue weighted by molar-refractivity contribution is 0.113. The van der Waals surface area contributed by atoms with Crippen molar-refractivity contribution >= 4 is 0 Å². The molecule has 0 saturated carbocycles. The quantitative estimate of drug-likeness (QED) is 0.666. The molecule has 17 heavy (non-hydrogen) atoms. The maximum absolute atomic E-state index is 8.73. The van der Waals surface area contributed by atoms with Crippen LogP contribution in [0.1, 0.15) is 38.2 Å². The third kappa shape index (κ3) is 7.14. The SMILES string of the molecule is CC(CCCO)CCCOCc1ccccc1. The number of aliphatic hydroxyl groups excluding tert-OH is 1. The third-order valence-corrected chi connectivity index (χ3v) is 2.95. The minimum absolute atomic E-state index is 0.314. The molecule has 1 rings (SSSR count). The molecule has 1 N–H and O–H groups in total. The molecule has 0 aromatic heterocycles. The Hall–Kier alpha value is -0.860. The van der Waals surface area contributed by atoms with E-state index in [1.54, 1.807) is 0 Å². The molecule has 1 atom stereocenters. The van der Waals surface area contributed by atoms with Gasteiger partial charge in [0.05, 0.1) is 6.61 Å². The van der Waals surface area contributed by atoms with Gasteiger partial charge in [0.2, 0.25) is 0 Å². The second-order valence-corrected chi connectivity index (χ2v) is 4.65. The van der Waals surface area contributed by atoms with Gasteiger partial charge in [-0.25, -0.2) is 0 Å². The van der Waals surface area contributed by atoms with E-state index in [0.717, 1.165) is 25.9 Å². The van der Waals surface area contributed by atoms with E-state index in [-0.39, 0.29) is 0 Å². The highest BCUT2D eigenvalue weighted by Gasteiger charge is 2.01. The first-order chi connectivity index (χ1) is 8.33. The zero-order chi connectivity index (χ0) is 12.3. The average molecular weight is 236 g/mol. The van der Waals surface area contributed by atoms with E-state index in [1.807, 2.05) is 18.2 Å². The minimum atomic E-state index is 0.314. The molecular formula is C15H24O2. The molecule has 0 amide bonds. The number of benzene rings is 1. The summed E-state index contributed by atoms with van der Waals surface area (Å²) < 4.78 is 5.63. The van der Waals surface area contributed by atoms with Gasteiger partial charge in [-0.15, -0.1) is 0 Å². The summed E-state index contributed by atoms with van der Waals surface area (Å²) in [6.07, 6.45) is 4.34. The molecule has 0 spiro atoms. The van der Waals surface area contributed by atoms with E-state index in [4.69, 9.17) is 9.84 Å². The zero-order valence-corrected chi connectivity index (χ0v) is 10.8. The van der Waals surface area contributed by atoms with Gasteiger partial charge in [-0.3, -0.25) is 0 Å². The molecule has 0 saturated heterocycles. The Labute approximate surface area is 105 Å². The molecule has 0 aliphatic heterocycles. The van der Waals surface area contributed by atoms with Crippen molar-refractivity contribution in [2.24, 2.45) is 5.92 Å². The highest BCUT2D eigenvalue weighted by Crippen LogP contribution is 2.12. The Morgan fingerprint density at radius 2 is 1.82 bits per heavy atom. The van der Waals surface area contributed by atoms with E-state index in [9.17, 15) is 0 Å². The molecule has 0 bridgehead atoms. The van der Waals surface area contributed by atoms with Gasteiger partial charge < -0.3 is 9.84 Å². The highest BCUT2D eigenvalue weighted by molar-refractivity contribution is 5.13. The van der Waals surface area contributed by atoms with Crippen LogP contribution in [0.5, 0.6) is 0 Å². The fourth-order valence-corrected chi connectivity index (χ4v) is 1.88. The lowest BCUT2D eigenvalue weighted by atomic mass is 10.0. The van der Waals surface area contributed by atoms with Gasteiger partial charge in [0.25, 0.3) is 0 Å². The summed E-state index contributed by atoms with van der Waals surface area (Å²) in [5.41, 5.74) is 1.24. The molecule has 0 heterocycles. The van der Waals surface area contributed by atoms with Crippen molar-refractivity contribution in [2.45, 2.75) is 39.2 Å². The first kappa shape index (κ1) is 14.2. The van der Waals surface area contributed by atoms with Gasteiger partial charge in [0.1, 0.15) is 0 Å². The molecule has 96 valence electrons. The molecule has 0 aliphatic carbocycles. The van der Waals surface area contributed by atoms with Crippen LogP contribution < -0.4 is 0 Å². The topological polar surface area (TPSA) is 29.5 Å². The smallest absolute Gasteiger partial charge is 0.0716 e. The molecule has 0 radical (unpaired) electrons. The van der Waals surface area contributed by atoms with Crippen molar-refractivity contribution in [2.75, 3.05) is 13.2 Å². The van der Waals surface area contributed by atoms with Gasteiger partial charge in [0, 0.05) is 13.2 Å². The lowest BCUT2D eigenvalue weighted by Crippen LogP contribution is -2.01. The average Bonchev–Trinajstić information content (AvgIpc) is 2.37. The minimum Gasteiger partial charge on any atom is -0.396 e. The van der Waals surface area contributed by atoms with Crippen molar-refractivity contribution in [3.05, 3.63) is 35.9 Å². The van der Waals surface area contributed by atoms with Crippen molar-refractivity contribution in [1.82, 2.24) is 0 Å². The lowest BCUT2D eigenvalue weighted by Gasteiger charge is -2.10. The summed E-state index contributed by atoms with van der Waals surface area (Å²) in [5.74, 6) is 0.697. The van der Waals surface area contributed by atoms with Crippen LogP contribution >= 0.6 is 0 Å². The molecular weight excluding hydrogens is 212 g/mol. The van der Waals surface area contributed by atoms with Gasteiger partial charge >= 0.3 is 0 Å². The van der Waals surface area contributed by atoms with Gasteiger partial charge in [-0.1, -0.05) is 37.3 Å². The van der Waals surface area contributed by atoms with E-state index < -0.39 is 0 Å². The predicted molar refractivity (Wildman–Crippen MR) is 70.8 cm³/mol. The monoisotopic (exact) mass is 236 g/mol. The largest absolute Gasteiger partial charge is 0.396 e. The fraction of sp³-hybridized carbons (Fsp3) is 0.600. The third-order valence-electron chi connectivity index (χ3n) is 2.95. The second kappa shape index (κ2) is 9.20. The van der Waals surface area contributed by atoms with Crippen LogP contribution in [-0.4, -0.2) is 18.3 Å². The number of aliphatic hydroxyl groups is 1. The van der Waals surface area contributed by atoms with Crippen LogP contribution in [0.25, 0.3) is 0 Å². The van der Waals surface area contributed by atoms with Crippen LogP contribution in [0.15, 0.2) is 30.3 Å². The summed E-state index contributed by atoms with van der Waals surface area (Å²) >= 11 is 0. The van der Waals surface area contributed by atoms with Crippen LogP contribution in [0.2, 0.25) is 0 Å². The molecule has 1 unspecified atom stereocenters. The first-order valence-electron chi connectivity index (χ1n) is 6.55. The van der Waals surface area contributed by atoms with Gasteiger partial charge in [0.15, 0.2) is 0 Å². The number of hydrogen-bond acceptors (Lipinski definition) is 2. The maximum Gasteiger partial charge on any atom is 0.0716 e. The van der Waals surface area contributed by atoms with Gasteiger partial charge in [-0.05, 0) is 37.2 Å². The fourth-order valence-electron chi connectivity index (χ4n) is 1.88. The summed E-state index contributed by atoms with van der Waals surface area (Å²) in [5, 5.41) is 8.73. The summed E-state index contributed by atoms with van der Waals surface area (Å²) in [4.78, 5) is 0. The predicted octanol–water partition coefficient (Wildman–Crippen LogP) is 3.39. The normalized spacial score (nSPS) is 12.6. The number of ether oxygens (including phenoxy) is 1. The second-order valence-electron chi connectivity index (χ2n) is 4.65. The zero-order valence-electron chi connectivity index (χ0n) is 10.8. The van der Waals surface area contributed by atoms with Crippen molar-refractivity contribution in [3.63, 3.8) is 0 Å². The maximum atomic E-state index is 8.73. The number of hydrogen-bond donors (Lipinski definition) is 1. The Balaban J connectivity index is 1.97. The Kier molecular flexibility index (Phi) is 7.69. The van der Waals surface area contributed by atoms with E-state index in [2.05, 4.69) is 19.1 Å². The van der Waals surface area contributed by atoms with Gasteiger partial charge in [-0.2, -0.15) is 0 Å². The van der Waals surface area contributed by atoms with Crippen molar-refractivity contribution in [3.8, 4) is 0 Å². The van der Waals surface area contributed by atoms with Crippen LogP contribution in [-0.2, 0) is 11.3 Å².